The Morgan fingerprint density at radius 1 is 1.17 bits per heavy atom. The first-order valence-electron chi connectivity index (χ1n) is 6.64. The minimum atomic E-state index is 0.245. The molecule has 1 N–H and O–H groups in total. The van der Waals surface area contributed by atoms with Crippen LogP contribution in [0.5, 0.6) is 11.5 Å². The summed E-state index contributed by atoms with van der Waals surface area (Å²) in [5.74, 6) is 1.77. The molecule has 0 fully saturated rings. The summed E-state index contributed by atoms with van der Waals surface area (Å²) in [5, 5.41) is 3.24. The predicted octanol–water partition coefficient (Wildman–Crippen LogP) is 2.64. The van der Waals surface area contributed by atoms with Crippen LogP contribution in [-0.4, -0.2) is 26.8 Å². The molecule has 0 bridgehead atoms. The van der Waals surface area contributed by atoms with E-state index in [0.717, 1.165) is 44.1 Å². The molecular weight excluding hydrogens is 226 g/mol. The van der Waals surface area contributed by atoms with Crippen molar-refractivity contribution in [2.75, 3.05) is 26.8 Å². The molecule has 0 saturated heterocycles. The van der Waals surface area contributed by atoms with Gasteiger partial charge in [-0.25, -0.2) is 0 Å². The molecule has 1 aliphatic rings. The lowest BCUT2D eigenvalue weighted by molar-refractivity contribution is 0.296. The number of hydrogen-bond acceptors (Lipinski definition) is 3. The number of hydrogen-bond donors (Lipinski definition) is 1. The van der Waals surface area contributed by atoms with Gasteiger partial charge < -0.3 is 14.8 Å². The van der Waals surface area contributed by atoms with E-state index in [0.29, 0.717) is 0 Å². The summed E-state index contributed by atoms with van der Waals surface area (Å²) < 4.78 is 11.4. The van der Waals surface area contributed by atoms with Crippen molar-refractivity contribution in [2.24, 2.45) is 5.41 Å². The predicted molar refractivity (Wildman–Crippen MR) is 73.5 cm³/mol. The summed E-state index contributed by atoms with van der Waals surface area (Å²) in [5.41, 5.74) is 1.55. The molecule has 0 unspecified atom stereocenters. The molecule has 0 radical (unpaired) electrons. The van der Waals surface area contributed by atoms with Crippen LogP contribution in [0.2, 0.25) is 0 Å². The zero-order chi connectivity index (χ0) is 13.0. The highest BCUT2D eigenvalue weighted by atomic mass is 16.5. The van der Waals surface area contributed by atoms with Crippen molar-refractivity contribution in [3.8, 4) is 11.5 Å². The zero-order valence-corrected chi connectivity index (χ0v) is 11.6. The van der Waals surface area contributed by atoms with Gasteiger partial charge >= 0.3 is 0 Å². The second-order valence-electron chi connectivity index (χ2n) is 5.70. The molecular formula is C15H23NO2. The molecule has 100 valence electrons. The Hall–Kier alpha value is -1.22. The molecule has 0 aliphatic carbocycles. The van der Waals surface area contributed by atoms with Crippen LogP contribution >= 0.6 is 0 Å². The molecule has 0 saturated carbocycles. The third-order valence-electron chi connectivity index (χ3n) is 3.15. The van der Waals surface area contributed by atoms with E-state index in [1.165, 1.54) is 5.56 Å². The highest BCUT2D eigenvalue weighted by Gasteiger charge is 2.19. The van der Waals surface area contributed by atoms with Gasteiger partial charge in [-0.2, -0.15) is 0 Å². The van der Waals surface area contributed by atoms with E-state index >= 15 is 0 Å². The smallest absolute Gasteiger partial charge is 0.161 e. The van der Waals surface area contributed by atoms with Gasteiger partial charge in [0, 0.05) is 13.0 Å². The topological polar surface area (TPSA) is 30.5 Å². The molecule has 0 amide bonds. The second-order valence-corrected chi connectivity index (χ2v) is 5.70. The van der Waals surface area contributed by atoms with Gasteiger partial charge in [-0.15, -0.1) is 0 Å². The fourth-order valence-corrected chi connectivity index (χ4v) is 2.41. The number of ether oxygens (including phenoxy) is 2. The average molecular weight is 249 g/mol. The number of nitrogens with one attached hydrogen (secondary N) is 1. The van der Waals surface area contributed by atoms with Crippen molar-refractivity contribution in [1.82, 2.24) is 5.32 Å². The number of benzene rings is 1. The lowest BCUT2D eigenvalue weighted by atomic mass is 9.85. The summed E-state index contributed by atoms with van der Waals surface area (Å²) >= 11 is 0. The molecule has 1 aromatic rings. The monoisotopic (exact) mass is 249 g/mol. The first-order chi connectivity index (χ1) is 8.61. The first-order valence-corrected chi connectivity index (χ1v) is 6.64. The maximum Gasteiger partial charge on any atom is 0.161 e. The minimum Gasteiger partial charge on any atom is -0.490 e. The van der Waals surface area contributed by atoms with Gasteiger partial charge in [0.2, 0.25) is 0 Å². The molecule has 3 nitrogen and oxygen atoms in total. The van der Waals surface area contributed by atoms with Crippen LogP contribution in [-0.2, 0) is 6.42 Å². The van der Waals surface area contributed by atoms with Crippen molar-refractivity contribution < 1.29 is 9.47 Å². The van der Waals surface area contributed by atoms with Gasteiger partial charge in [-0.05, 0) is 36.6 Å². The largest absolute Gasteiger partial charge is 0.490 e. The normalized spacial score (nSPS) is 15.3. The third-order valence-corrected chi connectivity index (χ3v) is 3.15. The summed E-state index contributed by atoms with van der Waals surface area (Å²) in [7, 11) is 2.00. The van der Waals surface area contributed by atoms with Gasteiger partial charge in [0.05, 0.1) is 13.2 Å². The average Bonchev–Trinajstić information content (AvgIpc) is 2.52. The van der Waals surface area contributed by atoms with Crippen LogP contribution in [0.15, 0.2) is 18.2 Å². The first kappa shape index (κ1) is 13.2. The van der Waals surface area contributed by atoms with Gasteiger partial charge in [-0.1, -0.05) is 19.9 Å². The molecule has 1 aliphatic heterocycles. The van der Waals surface area contributed by atoms with Crippen LogP contribution in [0.25, 0.3) is 0 Å². The fourth-order valence-electron chi connectivity index (χ4n) is 2.41. The van der Waals surface area contributed by atoms with Gasteiger partial charge in [0.15, 0.2) is 11.5 Å². The fraction of sp³-hybridized carbons (Fsp3) is 0.600. The third kappa shape index (κ3) is 3.39. The van der Waals surface area contributed by atoms with Gasteiger partial charge in [-0.3, -0.25) is 0 Å². The summed E-state index contributed by atoms with van der Waals surface area (Å²) in [4.78, 5) is 0. The molecule has 3 heteroatoms. The summed E-state index contributed by atoms with van der Waals surface area (Å²) in [6, 6.07) is 6.30. The highest BCUT2D eigenvalue weighted by Crippen LogP contribution is 2.32. The minimum absolute atomic E-state index is 0.245. The van der Waals surface area contributed by atoms with E-state index < -0.39 is 0 Å². The standard InChI is InChI=1S/C15H23NO2/c1-15(2,11-16-3)10-12-5-6-13-14(9-12)18-8-4-7-17-13/h5-6,9,16H,4,7-8,10-11H2,1-3H3. The van der Waals surface area contributed by atoms with Crippen molar-refractivity contribution in [3.05, 3.63) is 23.8 Å². The number of fused-ring (bicyclic) bond motifs is 1. The highest BCUT2D eigenvalue weighted by molar-refractivity contribution is 5.43. The Kier molecular flexibility index (Phi) is 4.12. The Morgan fingerprint density at radius 2 is 1.89 bits per heavy atom. The van der Waals surface area contributed by atoms with Gasteiger partial charge in [0.25, 0.3) is 0 Å². The number of rotatable bonds is 4. The SMILES string of the molecule is CNCC(C)(C)Cc1ccc2c(c1)OCCCO2. The van der Waals surface area contributed by atoms with Crippen molar-refractivity contribution in [2.45, 2.75) is 26.7 Å². The Balaban J connectivity index is 2.13. The Labute approximate surface area is 109 Å². The van der Waals surface area contributed by atoms with E-state index in [9.17, 15) is 0 Å². The van der Waals surface area contributed by atoms with Gasteiger partial charge in [0.1, 0.15) is 0 Å². The molecule has 0 aromatic heterocycles. The second kappa shape index (κ2) is 5.61. The van der Waals surface area contributed by atoms with Crippen molar-refractivity contribution in [1.29, 1.82) is 0 Å². The van der Waals surface area contributed by atoms with Crippen LogP contribution in [0.4, 0.5) is 0 Å². The van der Waals surface area contributed by atoms with Crippen LogP contribution in [0.1, 0.15) is 25.8 Å². The van der Waals surface area contributed by atoms with Crippen molar-refractivity contribution in [3.63, 3.8) is 0 Å². The van der Waals surface area contributed by atoms with E-state index in [2.05, 4.69) is 31.3 Å². The van der Waals surface area contributed by atoms with Crippen LogP contribution in [0, 0.1) is 5.41 Å². The van der Waals surface area contributed by atoms with E-state index in [-0.39, 0.29) is 5.41 Å². The molecule has 1 aromatic carbocycles. The van der Waals surface area contributed by atoms with Crippen LogP contribution in [0.3, 0.4) is 0 Å². The lowest BCUT2D eigenvalue weighted by Crippen LogP contribution is -2.28. The van der Waals surface area contributed by atoms with E-state index in [1.54, 1.807) is 0 Å². The molecule has 1 heterocycles. The maximum absolute atomic E-state index is 5.72. The van der Waals surface area contributed by atoms with E-state index in [4.69, 9.17) is 9.47 Å². The lowest BCUT2D eigenvalue weighted by Gasteiger charge is -2.24. The van der Waals surface area contributed by atoms with E-state index in [1.807, 2.05) is 13.1 Å². The Morgan fingerprint density at radius 3 is 2.61 bits per heavy atom. The molecule has 0 spiro atoms. The molecule has 2 rings (SSSR count). The molecule has 18 heavy (non-hydrogen) atoms. The summed E-state index contributed by atoms with van der Waals surface area (Å²) in [6.45, 7) is 7.04. The summed E-state index contributed by atoms with van der Waals surface area (Å²) in [6.07, 6.45) is 1.99. The van der Waals surface area contributed by atoms with Crippen molar-refractivity contribution >= 4 is 0 Å². The quantitative estimate of drug-likeness (QED) is 0.890. The molecule has 0 atom stereocenters. The maximum atomic E-state index is 5.72. The zero-order valence-electron chi connectivity index (χ0n) is 11.6. The van der Waals surface area contributed by atoms with Crippen LogP contribution < -0.4 is 14.8 Å². The Bertz CT molecular complexity index is 401.